The van der Waals surface area contributed by atoms with E-state index < -0.39 is 9.84 Å². The van der Waals surface area contributed by atoms with Crippen molar-refractivity contribution in [3.8, 4) is 0 Å². The summed E-state index contributed by atoms with van der Waals surface area (Å²) in [6.45, 7) is 11.3. The third kappa shape index (κ3) is 3.31. The third-order valence-electron chi connectivity index (χ3n) is 5.59. The first-order valence-corrected chi connectivity index (χ1v) is 10.3. The van der Waals surface area contributed by atoms with Gasteiger partial charge in [0.25, 0.3) is 0 Å². The molecule has 0 N–H and O–H groups in total. The number of likely N-dealkylation sites (tertiary alicyclic amines) is 1. The Kier molecular flexibility index (Phi) is 4.08. The summed E-state index contributed by atoms with van der Waals surface area (Å²) in [5.74, 6) is 1.28. The van der Waals surface area contributed by atoms with E-state index in [9.17, 15) is 8.42 Å². The van der Waals surface area contributed by atoms with Gasteiger partial charge in [-0.3, -0.25) is 9.88 Å². The lowest BCUT2D eigenvalue weighted by Gasteiger charge is -2.30. The van der Waals surface area contributed by atoms with Gasteiger partial charge in [-0.15, -0.1) is 0 Å². The zero-order valence-electron chi connectivity index (χ0n) is 14.7. The molecule has 0 unspecified atom stereocenters. The normalized spacial score (nSPS) is 33.3. The maximum Gasteiger partial charge on any atom is 0.151 e. The first kappa shape index (κ1) is 16.9. The predicted molar refractivity (Wildman–Crippen MR) is 92.9 cm³/mol. The van der Waals surface area contributed by atoms with E-state index in [4.69, 9.17) is 0 Å². The molecule has 2 aliphatic heterocycles. The molecular formula is C18H28N2O2S. The van der Waals surface area contributed by atoms with Gasteiger partial charge in [-0.2, -0.15) is 0 Å². The monoisotopic (exact) mass is 336 g/mol. The van der Waals surface area contributed by atoms with Crippen molar-refractivity contribution in [2.75, 3.05) is 24.6 Å². The Morgan fingerprint density at radius 3 is 2.26 bits per heavy atom. The van der Waals surface area contributed by atoms with Crippen molar-refractivity contribution in [3.05, 3.63) is 29.6 Å². The van der Waals surface area contributed by atoms with Crippen molar-refractivity contribution < 1.29 is 8.42 Å². The van der Waals surface area contributed by atoms with Crippen LogP contribution in [0.5, 0.6) is 0 Å². The highest BCUT2D eigenvalue weighted by Gasteiger charge is 2.60. The molecule has 0 radical (unpaired) electrons. The van der Waals surface area contributed by atoms with Crippen molar-refractivity contribution >= 4 is 9.84 Å². The van der Waals surface area contributed by atoms with Crippen LogP contribution in [0.2, 0.25) is 0 Å². The van der Waals surface area contributed by atoms with E-state index in [1.54, 1.807) is 0 Å². The number of sulfone groups is 1. The van der Waals surface area contributed by atoms with E-state index in [2.05, 4.69) is 49.7 Å². The number of pyridine rings is 1. The van der Waals surface area contributed by atoms with Crippen molar-refractivity contribution in [2.45, 2.75) is 40.7 Å². The molecule has 0 amide bonds. The van der Waals surface area contributed by atoms with Crippen molar-refractivity contribution in [2.24, 2.45) is 16.7 Å². The number of nitrogens with zero attached hydrogens (tertiary/aromatic N) is 2. The van der Waals surface area contributed by atoms with E-state index in [1.807, 2.05) is 6.20 Å². The molecule has 1 aromatic heterocycles. The Labute approximate surface area is 140 Å². The van der Waals surface area contributed by atoms with Crippen LogP contribution in [0.25, 0.3) is 0 Å². The molecule has 0 saturated carbocycles. The van der Waals surface area contributed by atoms with Crippen molar-refractivity contribution in [1.82, 2.24) is 9.88 Å². The molecule has 0 bridgehead atoms. The van der Waals surface area contributed by atoms with Gasteiger partial charge in [0.05, 0.1) is 11.5 Å². The summed E-state index contributed by atoms with van der Waals surface area (Å²) >= 11 is 0. The van der Waals surface area contributed by atoms with Gasteiger partial charge in [-0.25, -0.2) is 8.42 Å². The topological polar surface area (TPSA) is 50.3 Å². The minimum atomic E-state index is -2.87. The largest absolute Gasteiger partial charge is 0.298 e. The van der Waals surface area contributed by atoms with Gasteiger partial charge >= 0.3 is 0 Å². The fourth-order valence-corrected chi connectivity index (χ4v) is 7.27. The summed E-state index contributed by atoms with van der Waals surface area (Å²) in [6.07, 6.45) is 2.99. The summed E-state index contributed by atoms with van der Waals surface area (Å²) < 4.78 is 24.0. The van der Waals surface area contributed by atoms with Gasteiger partial charge < -0.3 is 0 Å². The smallest absolute Gasteiger partial charge is 0.151 e. The van der Waals surface area contributed by atoms with Crippen LogP contribution < -0.4 is 0 Å². The van der Waals surface area contributed by atoms with Gasteiger partial charge in [0.2, 0.25) is 0 Å². The summed E-state index contributed by atoms with van der Waals surface area (Å²) in [5, 5.41) is 0. The Bertz CT molecular complexity index is 657. The van der Waals surface area contributed by atoms with E-state index in [1.165, 1.54) is 5.56 Å². The number of rotatable bonds is 4. The third-order valence-corrected chi connectivity index (χ3v) is 7.74. The summed E-state index contributed by atoms with van der Waals surface area (Å²) in [4.78, 5) is 6.96. The predicted octanol–water partition coefficient (Wildman–Crippen LogP) is 2.54. The lowest BCUT2D eigenvalue weighted by atomic mass is 9.71. The molecule has 0 spiro atoms. The molecule has 0 aliphatic carbocycles. The average molecular weight is 337 g/mol. The quantitative estimate of drug-likeness (QED) is 0.848. The highest BCUT2D eigenvalue weighted by atomic mass is 32.2. The van der Waals surface area contributed by atoms with E-state index in [0.29, 0.717) is 17.4 Å². The summed E-state index contributed by atoms with van der Waals surface area (Å²) in [6, 6.07) is 4.29. The number of hydrogen-bond acceptors (Lipinski definition) is 4. The second-order valence-corrected chi connectivity index (χ2v) is 10.6. The lowest BCUT2D eigenvalue weighted by molar-refractivity contribution is 0.212. The van der Waals surface area contributed by atoms with Crippen LogP contribution in [0.3, 0.4) is 0 Å². The minimum absolute atomic E-state index is 0.114. The Balaban J connectivity index is 1.67. The minimum Gasteiger partial charge on any atom is -0.298 e. The van der Waals surface area contributed by atoms with Crippen LogP contribution in [0.15, 0.2) is 18.3 Å². The van der Waals surface area contributed by atoms with Gasteiger partial charge in [-0.1, -0.05) is 33.8 Å². The molecule has 2 saturated heterocycles. The number of fused-ring (bicyclic) bond motifs is 1. The van der Waals surface area contributed by atoms with Crippen molar-refractivity contribution in [3.63, 3.8) is 0 Å². The summed E-state index contributed by atoms with van der Waals surface area (Å²) in [5.41, 5.74) is 2.13. The van der Waals surface area contributed by atoms with Gasteiger partial charge in [0, 0.05) is 42.4 Å². The van der Waals surface area contributed by atoms with Crippen LogP contribution in [0, 0.1) is 16.7 Å². The molecule has 128 valence electrons. The molecule has 5 heteroatoms. The highest BCUT2D eigenvalue weighted by molar-refractivity contribution is 7.91. The molecule has 2 aliphatic rings. The molecule has 0 aromatic carbocycles. The summed E-state index contributed by atoms with van der Waals surface area (Å²) in [7, 11) is -2.87. The maximum absolute atomic E-state index is 12.0. The Morgan fingerprint density at radius 2 is 1.78 bits per heavy atom. The average Bonchev–Trinajstić information content (AvgIpc) is 2.69. The molecular weight excluding hydrogens is 308 g/mol. The molecule has 3 heterocycles. The van der Waals surface area contributed by atoms with Crippen molar-refractivity contribution in [1.29, 1.82) is 0 Å². The highest BCUT2D eigenvalue weighted by Crippen LogP contribution is 2.52. The first-order valence-electron chi connectivity index (χ1n) is 8.47. The van der Waals surface area contributed by atoms with E-state index in [0.717, 1.165) is 31.7 Å². The zero-order chi connectivity index (χ0) is 16.9. The zero-order valence-corrected chi connectivity index (χ0v) is 15.5. The molecule has 2 fully saturated rings. The van der Waals surface area contributed by atoms with Crippen LogP contribution in [-0.4, -0.2) is 42.9 Å². The van der Waals surface area contributed by atoms with Gasteiger partial charge in [0.15, 0.2) is 9.84 Å². The molecule has 2 atom stereocenters. The maximum atomic E-state index is 12.0. The van der Waals surface area contributed by atoms with E-state index >= 15 is 0 Å². The second-order valence-electron chi connectivity index (χ2n) is 8.55. The van der Waals surface area contributed by atoms with Gasteiger partial charge in [0.1, 0.15) is 0 Å². The van der Waals surface area contributed by atoms with E-state index in [-0.39, 0.29) is 10.8 Å². The molecule has 3 rings (SSSR count). The molecule has 1 aromatic rings. The van der Waals surface area contributed by atoms with Crippen LogP contribution in [0.1, 0.15) is 39.0 Å². The van der Waals surface area contributed by atoms with Crippen LogP contribution in [-0.2, 0) is 22.8 Å². The lowest BCUT2D eigenvalue weighted by Crippen LogP contribution is -2.34. The van der Waals surface area contributed by atoms with Crippen LogP contribution in [0.4, 0.5) is 0 Å². The number of hydrogen-bond donors (Lipinski definition) is 0. The van der Waals surface area contributed by atoms with Crippen LogP contribution >= 0.6 is 0 Å². The fraction of sp³-hybridized carbons (Fsp3) is 0.722. The standard InChI is InChI=1S/C18H28N2O2S/c1-14(2)7-16-6-5-15(8-19-16)9-20-10-17(3)12-23(21,22)13-18(17,4)11-20/h5-6,8,14H,7,9-13H2,1-4H3/t17-,18+. The number of aromatic nitrogens is 1. The molecule has 23 heavy (non-hydrogen) atoms. The Hall–Kier alpha value is -0.940. The Morgan fingerprint density at radius 1 is 1.17 bits per heavy atom. The van der Waals surface area contributed by atoms with Gasteiger partial charge in [-0.05, 0) is 24.0 Å². The first-order chi connectivity index (χ1) is 10.6. The second kappa shape index (κ2) is 5.55. The fourth-order valence-electron chi connectivity index (χ4n) is 4.34. The SMILES string of the molecule is CC(C)Cc1ccc(CN2C[C@@]3(C)CS(=O)(=O)C[C@@]3(C)C2)cn1. The molecule has 4 nitrogen and oxygen atoms in total.